The van der Waals surface area contributed by atoms with E-state index in [9.17, 15) is 27.8 Å². The van der Waals surface area contributed by atoms with Crippen LogP contribution in [0, 0.1) is 12.7 Å². The molecule has 0 saturated carbocycles. The van der Waals surface area contributed by atoms with Crippen LogP contribution in [0.25, 0.3) is 16.9 Å². The average Bonchev–Trinajstić information content (AvgIpc) is 3.62. The maximum Gasteiger partial charge on any atom is 0.418 e. The Morgan fingerprint density at radius 1 is 1.02 bits per heavy atom. The summed E-state index contributed by atoms with van der Waals surface area (Å²) in [5.41, 5.74) is -0.301. The van der Waals surface area contributed by atoms with Crippen molar-refractivity contribution in [2.24, 2.45) is 0 Å². The van der Waals surface area contributed by atoms with Gasteiger partial charge in [-0.3, -0.25) is 4.68 Å². The van der Waals surface area contributed by atoms with E-state index >= 15 is 0 Å². The van der Waals surface area contributed by atoms with Crippen LogP contribution < -0.4 is 0 Å². The smallest absolute Gasteiger partial charge is 0.388 e. The highest BCUT2D eigenvalue weighted by atomic mass is 35.5. The molecule has 2 fully saturated rings. The fraction of sp³-hybridized carbons (Fsp3) is 0.346. The molecule has 4 unspecified atom stereocenters. The number of ether oxygens (including phenoxy) is 2. The fourth-order valence-corrected chi connectivity index (χ4v) is 5.38. The lowest BCUT2D eigenvalue weighted by Crippen LogP contribution is -2.52. The summed E-state index contributed by atoms with van der Waals surface area (Å²) >= 11 is 6.06. The van der Waals surface area contributed by atoms with Crippen molar-refractivity contribution in [3.8, 4) is 16.9 Å². The third-order valence-corrected chi connectivity index (χ3v) is 7.24. The van der Waals surface area contributed by atoms with Crippen molar-refractivity contribution in [3.63, 3.8) is 0 Å². The van der Waals surface area contributed by atoms with Crippen LogP contribution in [-0.2, 0) is 15.7 Å². The Bertz CT molecular complexity index is 1540. The van der Waals surface area contributed by atoms with Gasteiger partial charge >= 0.3 is 6.18 Å². The average molecular weight is 580 g/mol. The van der Waals surface area contributed by atoms with Crippen LogP contribution in [-0.4, -0.2) is 65.8 Å². The minimum absolute atomic E-state index is 0.0367. The molecule has 14 heteroatoms. The number of aliphatic hydroxyl groups excluding tert-OH is 2. The monoisotopic (exact) mass is 579 g/mol. The minimum atomic E-state index is -4.74. The van der Waals surface area contributed by atoms with Gasteiger partial charge in [-0.05, 0) is 55.5 Å². The first-order chi connectivity index (χ1) is 19.0. The first kappa shape index (κ1) is 26.8. The minimum Gasteiger partial charge on any atom is -0.388 e. The molecule has 9 nitrogen and oxygen atoms in total. The van der Waals surface area contributed by atoms with Gasteiger partial charge < -0.3 is 19.7 Å². The number of aryl methyl sites for hydroxylation is 1. The van der Waals surface area contributed by atoms with E-state index in [-0.39, 0.29) is 23.3 Å². The third-order valence-electron chi connectivity index (χ3n) is 7.00. The van der Waals surface area contributed by atoms with Crippen LogP contribution in [0.5, 0.6) is 0 Å². The van der Waals surface area contributed by atoms with E-state index < -0.39 is 59.8 Å². The molecule has 2 aromatic carbocycles. The number of fused-ring (bicyclic) bond motifs is 1. The maximum absolute atomic E-state index is 13.9. The van der Waals surface area contributed by atoms with Gasteiger partial charge in [0.2, 0.25) is 0 Å². The molecule has 0 aliphatic carbocycles. The molecule has 2 aliphatic rings. The predicted octanol–water partition coefficient (Wildman–Crippen LogP) is 4.05. The Labute approximate surface area is 229 Å². The van der Waals surface area contributed by atoms with E-state index in [2.05, 4.69) is 15.2 Å². The van der Waals surface area contributed by atoms with E-state index in [1.54, 1.807) is 24.4 Å². The van der Waals surface area contributed by atoms with Crippen molar-refractivity contribution in [1.82, 2.24) is 24.5 Å². The third kappa shape index (κ3) is 4.67. The molecule has 2 aromatic heterocycles. The summed E-state index contributed by atoms with van der Waals surface area (Å²) in [6.07, 6.45) is -8.79. The zero-order valence-corrected chi connectivity index (χ0v) is 21.5. The van der Waals surface area contributed by atoms with Crippen LogP contribution in [0.1, 0.15) is 29.4 Å². The molecule has 0 amide bonds. The van der Waals surface area contributed by atoms with Crippen LogP contribution in [0.3, 0.4) is 0 Å². The predicted molar refractivity (Wildman–Crippen MR) is 132 cm³/mol. The maximum atomic E-state index is 13.9. The lowest BCUT2D eigenvalue weighted by atomic mass is 9.91. The van der Waals surface area contributed by atoms with E-state index in [1.807, 2.05) is 0 Å². The number of rotatable bonds is 4. The van der Waals surface area contributed by atoms with Gasteiger partial charge in [0, 0.05) is 16.8 Å². The van der Waals surface area contributed by atoms with Gasteiger partial charge in [0.05, 0.1) is 23.6 Å². The Hall–Kier alpha value is -3.36. The molecule has 0 spiro atoms. The molecule has 6 atom stereocenters. The van der Waals surface area contributed by atoms with Gasteiger partial charge in [0.1, 0.15) is 48.2 Å². The van der Waals surface area contributed by atoms with Crippen molar-refractivity contribution in [3.05, 3.63) is 82.8 Å². The van der Waals surface area contributed by atoms with Crippen molar-refractivity contribution in [2.45, 2.75) is 49.7 Å². The normalized spacial score (nSPS) is 26.7. The second kappa shape index (κ2) is 9.93. The molecule has 0 bridgehead atoms. The van der Waals surface area contributed by atoms with Crippen LogP contribution >= 0.6 is 11.6 Å². The van der Waals surface area contributed by atoms with E-state index in [1.165, 1.54) is 23.7 Å². The van der Waals surface area contributed by atoms with E-state index in [0.29, 0.717) is 11.3 Å². The number of hydrogen-bond donors (Lipinski definition) is 2. The molecule has 0 radical (unpaired) electrons. The second-order valence-corrected chi connectivity index (χ2v) is 10.1. The van der Waals surface area contributed by atoms with Crippen LogP contribution in [0.2, 0.25) is 5.02 Å². The number of benzene rings is 2. The topological polar surface area (TPSA) is 107 Å². The highest BCUT2D eigenvalue weighted by Gasteiger charge is 2.54. The molecule has 4 aromatic rings. The second-order valence-electron chi connectivity index (χ2n) is 9.64. The first-order valence-corrected chi connectivity index (χ1v) is 12.6. The lowest BCUT2D eigenvalue weighted by Gasteiger charge is -2.41. The molecule has 2 N–H and O–H groups in total. The summed E-state index contributed by atoms with van der Waals surface area (Å²) in [7, 11) is 0. The van der Waals surface area contributed by atoms with Crippen molar-refractivity contribution in [1.29, 1.82) is 0 Å². The zero-order chi connectivity index (χ0) is 28.3. The van der Waals surface area contributed by atoms with Crippen LogP contribution in [0.15, 0.2) is 54.7 Å². The van der Waals surface area contributed by atoms with E-state index in [4.69, 9.17) is 21.1 Å². The lowest BCUT2D eigenvalue weighted by molar-refractivity contribution is -0.196. The quantitative estimate of drug-likeness (QED) is 0.351. The number of halogens is 5. The summed E-state index contributed by atoms with van der Waals surface area (Å²) in [6.45, 7) is 1.40. The van der Waals surface area contributed by atoms with Crippen molar-refractivity contribution in [2.75, 3.05) is 6.61 Å². The number of aromatic nitrogens is 5. The van der Waals surface area contributed by atoms with Gasteiger partial charge in [-0.15, -0.1) is 0 Å². The van der Waals surface area contributed by atoms with E-state index in [0.717, 1.165) is 22.9 Å². The first-order valence-electron chi connectivity index (χ1n) is 12.3. The van der Waals surface area contributed by atoms with Crippen molar-refractivity contribution >= 4 is 11.6 Å². The number of alkyl halides is 3. The van der Waals surface area contributed by atoms with Gasteiger partial charge in [-0.2, -0.15) is 23.4 Å². The largest absolute Gasteiger partial charge is 0.418 e. The Morgan fingerprint density at radius 3 is 2.50 bits per heavy atom. The van der Waals surface area contributed by atoms with Gasteiger partial charge in [0.25, 0.3) is 0 Å². The summed E-state index contributed by atoms with van der Waals surface area (Å²) in [4.78, 5) is 4.31. The van der Waals surface area contributed by atoms with Gasteiger partial charge in [-0.1, -0.05) is 11.6 Å². The highest BCUT2D eigenvalue weighted by Crippen LogP contribution is 2.44. The van der Waals surface area contributed by atoms with Crippen molar-refractivity contribution < 1.29 is 37.2 Å². The molecule has 6 rings (SSSR count). The number of hydrogen-bond acceptors (Lipinski definition) is 7. The fourth-order valence-electron chi connectivity index (χ4n) is 5.21. The van der Waals surface area contributed by atoms with Gasteiger partial charge in [0.15, 0.2) is 5.82 Å². The molecule has 40 heavy (non-hydrogen) atoms. The summed E-state index contributed by atoms with van der Waals surface area (Å²) in [5, 5.41) is 31.0. The molecular weight excluding hydrogens is 558 g/mol. The Balaban J connectivity index is 1.43. The Kier molecular flexibility index (Phi) is 6.66. The number of nitrogens with zero attached hydrogens (tertiary/aromatic N) is 5. The Morgan fingerprint density at radius 2 is 1.77 bits per heavy atom. The summed E-state index contributed by atoms with van der Waals surface area (Å²) in [6, 6.07) is 9.49. The summed E-state index contributed by atoms with van der Waals surface area (Å²) < 4.78 is 69.4. The number of aliphatic hydroxyl groups is 2. The molecule has 4 heterocycles. The zero-order valence-electron chi connectivity index (χ0n) is 20.7. The van der Waals surface area contributed by atoms with Gasteiger partial charge in [-0.25, -0.2) is 14.1 Å². The molecule has 2 saturated heterocycles. The van der Waals surface area contributed by atoms with Crippen LogP contribution in [0.4, 0.5) is 17.6 Å². The molecule has 210 valence electrons. The summed E-state index contributed by atoms with van der Waals surface area (Å²) in [5.74, 6) is -0.403. The molecule has 2 aliphatic heterocycles. The SMILES string of the molecule is Cc1nc([C@@H]2OC3C(O)CO[C@@H]3C(n3ccc(-c4ccc(F)cc4)n3)C2O)n(-c2cc(Cl)ccc2C(F)(F)F)n1. The highest BCUT2D eigenvalue weighted by molar-refractivity contribution is 6.30. The molecular formula is C26H22ClF4N5O4. The standard InChI is InChI=1S/C26H22ClF4N5O4/c1-12-32-25(36(33-12)18-10-14(27)4-7-16(18)26(29,30)31)24-21(38)20(23-22(40-24)19(37)11-39-23)35-9-8-17(34-35)13-2-5-15(28)6-3-13/h2-10,19-24,37-38H,11H2,1H3/t19?,20?,21?,22?,23-,24-/m1/s1.